The zero-order chi connectivity index (χ0) is 17.9. The van der Waals surface area contributed by atoms with Crippen molar-refractivity contribution in [1.82, 2.24) is 9.80 Å². The van der Waals surface area contributed by atoms with Crippen molar-refractivity contribution in [3.63, 3.8) is 0 Å². The number of benzene rings is 1. The minimum atomic E-state index is -0.122. The number of anilines is 1. The molecule has 0 spiro atoms. The highest BCUT2D eigenvalue weighted by Crippen LogP contribution is 2.34. The molecule has 2 saturated heterocycles. The molecule has 0 bridgehead atoms. The Kier molecular flexibility index (Phi) is 5.31. The number of nitrogens with zero attached hydrogens (tertiary/aromatic N) is 2. The molecule has 3 aliphatic heterocycles. The number of carbonyl (C=O) groups excluding carboxylic acids is 1. The number of hydrogen-bond acceptors (Lipinski definition) is 5. The normalized spacial score (nSPS) is 23.0. The van der Waals surface area contributed by atoms with Crippen molar-refractivity contribution in [2.75, 3.05) is 38.3 Å². The van der Waals surface area contributed by atoms with Crippen molar-refractivity contribution in [3.8, 4) is 11.5 Å². The molecule has 3 heterocycles. The van der Waals surface area contributed by atoms with E-state index in [1.807, 2.05) is 25.1 Å². The first kappa shape index (κ1) is 17.6. The van der Waals surface area contributed by atoms with Gasteiger partial charge in [0.1, 0.15) is 0 Å². The third-order valence-electron chi connectivity index (χ3n) is 5.97. The van der Waals surface area contributed by atoms with Crippen LogP contribution in [0.4, 0.5) is 5.69 Å². The zero-order valence-electron chi connectivity index (χ0n) is 15.6. The fourth-order valence-electron chi connectivity index (χ4n) is 4.31. The van der Waals surface area contributed by atoms with Gasteiger partial charge < -0.3 is 19.7 Å². The predicted octanol–water partition coefficient (Wildman–Crippen LogP) is 2.69. The Balaban J connectivity index is 1.29. The Labute approximate surface area is 155 Å². The Bertz CT molecular complexity index is 637. The Morgan fingerprint density at radius 3 is 2.58 bits per heavy atom. The van der Waals surface area contributed by atoms with Gasteiger partial charge in [-0.2, -0.15) is 0 Å². The fourth-order valence-corrected chi connectivity index (χ4v) is 4.31. The third-order valence-corrected chi connectivity index (χ3v) is 5.97. The number of likely N-dealkylation sites (tertiary alicyclic amines) is 2. The smallest absolute Gasteiger partial charge is 0.241 e. The lowest BCUT2D eigenvalue weighted by molar-refractivity contribution is -0.121. The van der Waals surface area contributed by atoms with Crippen molar-refractivity contribution in [3.05, 3.63) is 18.2 Å². The van der Waals surface area contributed by atoms with Crippen LogP contribution in [0.3, 0.4) is 0 Å². The van der Waals surface area contributed by atoms with Crippen LogP contribution >= 0.6 is 0 Å². The van der Waals surface area contributed by atoms with Gasteiger partial charge in [0.2, 0.25) is 12.7 Å². The summed E-state index contributed by atoms with van der Waals surface area (Å²) in [6.45, 7) is 6.75. The standard InChI is InChI=1S/C20H29N3O3/c1-15(20(24)21-16-5-6-18-19(13-16)26-14-25-18)22-11-7-17(8-12-22)23-9-3-2-4-10-23/h5-6,13,15,17H,2-4,7-12,14H2,1H3,(H,21,24)/t15-/m1/s1. The Morgan fingerprint density at radius 1 is 1.08 bits per heavy atom. The molecule has 1 N–H and O–H groups in total. The van der Waals surface area contributed by atoms with Crippen LogP contribution in [-0.4, -0.2) is 60.8 Å². The molecule has 2 fully saturated rings. The van der Waals surface area contributed by atoms with Crippen molar-refractivity contribution in [2.45, 2.75) is 51.1 Å². The van der Waals surface area contributed by atoms with Gasteiger partial charge in [0.05, 0.1) is 6.04 Å². The van der Waals surface area contributed by atoms with Crippen LogP contribution in [0, 0.1) is 0 Å². The average molecular weight is 359 g/mol. The first-order valence-corrected chi connectivity index (χ1v) is 9.89. The number of piperidine rings is 2. The molecule has 3 aliphatic rings. The van der Waals surface area contributed by atoms with E-state index in [4.69, 9.17) is 9.47 Å². The van der Waals surface area contributed by atoms with Crippen molar-refractivity contribution in [1.29, 1.82) is 0 Å². The largest absolute Gasteiger partial charge is 0.454 e. The quantitative estimate of drug-likeness (QED) is 0.896. The lowest BCUT2D eigenvalue weighted by Gasteiger charge is -2.41. The van der Waals surface area contributed by atoms with Crippen LogP contribution in [-0.2, 0) is 4.79 Å². The van der Waals surface area contributed by atoms with Gasteiger partial charge in [0.25, 0.3) is 0 Å². The highest BCUT2D eigenvalue weighted by Gasteiger charge is 2.30. The predicted molar refractivity (Wildman–Crippen MR) is 101 cm³/mol. The minimum absolute atomic E-state index is 0.0419. The number of rotatable bonds is 4. The molecule has 0 unspecified atom stereocenters. The summed E-state index contributed by atoms with van der Waals surface area (Å²) in [5, 5.41) is 3.02. The number of nitrogens with one attached hydrogen (secondary N) is 1. The molecule has 6 heteroatoms. The van der Waals surface area contributed by atoms with E-state index in [-0.39, 0.29) is 18.7 Å². The summed E-state index contributed by atoms with van der Waals surface area (Å²) in [5.74, 6) is 1.47. The highest BCUT2D eigenvalue weighted by molar-refractivity contribution is 5.94. The summed E-state index contributed by atoms with van der Waals surface area (Å²) in [6.07, 6.45) is 6.40. The minimum Gasteiger partial charge on any atom is -0.454 e. The number of carbonyl (C=O) groups is 1. The van der Waals surface area contributed by atoms with Crippen molar-refractivity contribution < 1.29 is 14.3 Å². The van der Waals surface area contributed by atoms with Crippen LogP contribution in [0.1, 0.15) is 39.0 Å². The van der Waals surface area contributed by atoms with E-state index in [2.05, 4.69) is 15.1 Å². The van der Waals surface area contributed by atoms with Gasteiger partial charge >= 0.3 is 0 Å². The van der Waals surface area contributed by atoms with E-state index in [0.717, 1.165) is 24.5 Å². The first-order valence-electron chi connectivity index (χ1n) is 9.89. The van der Waals surface area contributed by atoms with Gasteiger partial charge in [0.15, 0.2) is 11.5 Å². The summed E-state index contributed by atoms with van der Waals surface area (Å²) in [7, 11) is 0. The lowest BCUT2D eigenvalue weighted by atomic mass is 9.99. The summed E-state index contributed by atoms with van der Waals surface area (Å²) in [6, 6.07) is 6.11. The molecule has 0 aromatic heterocycles. The van der Waals surface area contributed by atoms with Crippen molar-refractivity contribution >= 4 is 11.6 Å². The van der Waals surface area contributed by atoms with E-state index >= 15 is 0 Å². The summed E-state index contributed by atoms with van der Waals surface area (Å²) >= 11 is 0. The number of ether oxygens (including phenoxy) is 2. The van der Waals surface area contributed by atoms with Gasteiger partial charge in [-0.15, -0.1) is 0 Å². The maximum Gasteiger partial charge on any atom is 0.241 e. The van der Waals surface area contributed by atoms with E-state index in [9.17, 15) is 4.79 Å². The summed E-state index contributed by atoms with van der Waals surface area (Å²) in [4.78, 5) is 17.6. The molecule has 26 heavy (non-hydrogen) atoms. The number of hydrogen-bond donors (Lipinski definition) is 1. The van der Waals surface area contributed by atoms with Crippen LogP contribution < -0.4 is 14.8 Å². The monoisotopic (exact) mass is 359 g/mol. The van der Waals surface area contributed by atoms with Gasteiger partial charge in [-0.1, -0.05) is 6.42 Å². The van der Waals surface area contributed by atoms with Gasteiger partial charge in [-0.25, -0.2) is 0 Å². The van der Waals surface area contributed by atoms with E-state index in [0.29, 0.717) is 11.8 Å². The Hall–Kier alpha value is -1.79. The van der Waals surface area contributed by atoms with Crippen LogP contribution in [0.2, 0.25) is 0 Å². The molecular weight excluding hydrogens is 330 g/mol. The molecule has 1 atom stereocenters. The lowest BCUT2D eigenvalue weighted by Crippen LogP contribution is -2.51. The maximum atomic E-state index is 12.7. The molecule has 1 aromatic rings. The Morgan fingerprint density at radius 2 is 1.81 bits per heavy atom. The second kappa shape index (κ2) is 7.84. The van der Waals surface area contributed by atoms with Crippen LogP contribution in [0.5, 0.6) is 11.5 Å². The van der Waals surface area contributed by atoms with E-state index < -0.39 is 0 Å². The molecule has 6 nitrogen and oxygen atoms in total. The van der Waals surface area contributed by atoms with Crippen LogP contribution in [0.25, 0.3) is 0 Å². The maximum absolute atomic E-state index is 12.7. The summed E-state index contributed by atoms with van der Waals surface area (Å²) in [5.41, 5.74) is 0.759. The molecule has 0 radical (unpaired) electrons. The van der Waals surface area contributed by atoms with E-state index in [1.165, 1.54) is 45.2 Å². The molecule has 0 saturated carbocycles. The zero-order valence-corrected chi connectivity index (χ0v) is 15.6. The summed E-state index contributed by atoms with van der Waals surface area (Å²) < 4.78 is 10.7. The first-order chi connectivity index (χ1) is 12.7. The second-order valence-electron chi connectivity index (χ2n) is 7.60. The molecule has 0 aliphatic carbocycles. The SMILES string of the molecule is C[C@H](C(=O)Nc1ccc2c(c1)OCO2)N1CCC(N2CCCCC2)CC1. The van der Waals surface area contributed by atoms with Crippen molar-refractivity contribution in [2.24, 2.45) is 0 Å². The number of amides is 1. The van der Waals surface area contributed by atoms with E-state index in [1.54, 1.807) is 0 Å². The second-order valence-corrected chi connectivity index (χ2v) is 7.60. The van der Waals surface area contributed by atoms with Gasteiger partial charge in [-0.3, -0.25) is 9.69 Å². The molecule has 1 aromatic carbocycles. The topological polar surface area (TPSA) is 54.0 Å². The fraction of sp³-hybridized carbons (Fsp3) is 0.650. The van der Waals surface area contributed by atoms with Gasteiger partial charge in [0, 0.05) is 30.9 Å². The number of fused-ring (bicyclic) bond motifs is 1. The average Bonchev–Trinajstić information content (AvgIpc) is 3.16. The molecule has 4 rings (SSSR count). The molecule has 142 valence electrons. The van der Waals surface area contributed by atoms with Gasteiger partial charge in [-0.05, 0) is 57.8 Å². The molecular formula is C20H29N3O3. The van der Waals surface area contributed by atoms with Crippen LogP contribution in [0.15, 0.2) is 18.2 Å². The molecule has 1 amide bonds. The third kappa shape index (κ3) is 3.81. The highest BCUT2D eigenvalue weighted by atomic mass is 16.7.